The molecule has 0 bridgehead atoms. The molecule has 0 N–H and O–H groups in total. The Morgan fingerprint density at radius 2 is 1.13 bits per heavy atom. The first kappa shape index (κ1) is 37.6. The minimum absolute atomic E-state index is 0. The van der Waals surface area contributed by atoms with E-state index in [1.165, 1.54) is 61.2 Å². The van der Waals surface area contributed by atoms with Gasteiger partial charge < -0.3 is 13.5 Å². The molecule has 0 radical (unpaired) electrons. The van der Waals surface area contributed by atoms with Crippen LogP contribution in [-0.4, -0.2) is 23.8 Å². The van der Waals surface area contributed by atoms with Crippen molar-refractivity contribution in [2.24, 2.45) is 0 Å². The van der Waals surface area contributed by atoms with Gasteiger partial charge in [-0.25, -0.2) is 0 Å². The van der Waals surface area contributed by atoms with Crippen molar-refractivity contribution in [2.75, 3.05) is 0 Å². The Morgan fingerprint density at radius 3 is 1.80 bits per heavy atom. The molecule has 5 aromatic heterocycles. The Labute approximate surface area is 362 Å². The maximum atomic E-state index is 6.67. The first-order valence-corrected chi connectivity index (χ1v) is 20.0. The Morgan fingerprint density at radius 1 is 0.533 bits per heavy atom. The summed E-state index contributed by atoms with van der Waals surface area (Å²) in [5.74, 6) is 1.14. The molecule has 0 saturated heterocycles. The summed E-state index contributed by atoms with van der Waals surface area (Å²) in [5, 5.41) is 4.88. The van der Waals surface area contributed by atoms with E-state index in [-0.39, 0.29) is 21.1 Å². The molecule has 5 heterocycles. The third kappa shape index (κ3) is 5.69. The maximum absolute atomic E-state index is 6.67. The van der Waals surface area contributed by atoms with Crippen LogP contribution in [0.1, 0.15) is 33.4 Å². The number of nitrogens with zero attached hydrogens (tertiary/aromatic N) is 5. The summed E-state index contributed by atoms with van der Waals surface area (Å²) in [6.07, 6.45) is 7.74. The van der Waals surface area contributed by atoms with Crippen molar-refractivity contribution in [1.82, 2.24) is 23.8 Å². The van der Waals surface area contributed by atoms with Crippen molar-refractivity contribution in [3.05, 3.63) is 173 Å². The van der Waals surface area contributed by atoms with Gasteiger partial charge in [0.25, 0.3) is 0 Å². The van der Waals surface area contributed by atoms with Crippen molar-refractivity contribution in [1.29, 1.82) is 0 Å². The Bertz CT molecular complexity index is 3500. The molecule has 0 saturated carbocycles. The standard InChI is InChI=1S/C53H39N5O.Pt/c1-30-11-7-12-31(2)47(30)36-25-41-39-20-18-37(27-42(39)52-55-23-24-57(52)51(41)44(26-36)48-32(3)13-8-14-33(48)4)59-38-19-21-40-43(28-38)53-56-29-46(49-34(5)15-9-16-35(49)6)58(53)45-17-10-22-54-50(40)45;/h7-26,29H,1-6H3;/q-2;+2. The van der Waals surface area contributed by atoms with Crippen molar-refractivity contribution < 1.29 is 25.8 Å². The van der Waals surface area contributed by atoms with E-state index in [2.05, 4.69) is 154 Å². The van der Waals surface area contributed by atoms with Gasteiger partial charge in [0.1, 0.15) is 0 Å². The van der Waals surface area contributed by atoms with E-state index >= 15 is 0 Å². The molecule has 0 atom stereocenters. The van der Waals surface area contributed by atoms with E-state index in [0.29, 0.717) is 11.5 Å². The zero-order chi connectivity index (χ0) is 40.1. The number of fused-ring (bicyclic) bond motifs is 12. The molecule has 7 heteroatoms. The maximum Gasteiger partial charge on any atom is 2.00 e. The van der Waals surface area contributed by atoms with E-state index < -0.39 is 0 Å². The molecular formula is C53H39N5OPt. The van der Waals surface area contributed by atoms with E-state index in [0.717, 1.165) is 60.5 Å². The summed E-state index contributed by atoms with van der Waals surface area (Å²) in [6, 6.07) is 43.7. The quantitative estimate of drug-likeness (QED) is 0.127. The van der Waals surface area contributed by atoms with Gasteiger partial charge in [-0.15, -0.1) is 12.1 Å². The SMILES string of the molecule is Cc1cccc(C)c1-c1cc(-c2c(C)cccc2C)c2c(c1)c1ccc(Oc3[c-]c4c(cc3)c3ncccc3n3c(-c5c(C)cccc5C)cnc43)[c-]c1c1nccn12.[Pt+2]. The van der Waals surface area contributed by atoms with Gasteiger partial charge in [0, 0.05) is 52.9 Å². The number of imidazole rings is 2. The van der Waals surface area contributed by atoms with Crippen LogP contribution in [0, 0.1) is 53.7 Å². The zero-order valence-electron chi connectivity index (χ0n) is 34.1. The fraction of sp³-hybridized carbons (Fsp3) is 0.113. The summed E-state index contributed by atoms with van der Waals surface area (Å²) < 4.78 is 11.1. The molecule has 0 spiro atoms. The summed E-state index contributed by atoms with van der Waals surface area (Å²) in [5.41, 5.74) is 19.0. The molecule has 60 heavy (non-hydrogen) atoms. The van der Waals surface area contributed by atoms with Crippen LogP contribution in [0.5, 0.6) is 11.5 Å². The first-order chi connectivity index (χ1) is 28.7. The molecule has 0 amide bonds. The average molecular weight is 957 g/mol. The predicted molar refractivity (Wildman–Crippen MR) is 241 cm³/mol. The van der Waals surface area contributed by atoms with Gasteiger partial charge in [-0.3, -0.25) is 15.0 Å². The van der Waals surface area contributed by atoms with Crippen molar-refractivity contribution in [2.45, 2.75) is 41.5 Å². The molecule has 11 rings (SSSR count). The molecule has 0 aliphatic carbocycles. The van der Waals surface area contributed by atoms with E-state index in [1.807, 2.05) is 36.8 Å². The molecule has 6 nitrogen and oxygen atoms in total. The number of benzene rings is 6. The minimum atomic E-state index is 0. The van der Waals surface area contributed by atoms with E-state index in [9.17, 15) is 0 Å². The van der Waals surface area contributed by atoms with E-state index in [4.69, 9.17) is 19.7 Å². The largest absolute Gasteiger partial charge is 2.00 e. The number of hydrogen-bond donors (Lipinski definition) is 0. The van der Waals surface area contributed by atoms with Gasteiger partial charge in [-0.2, -0.15) is 0 Å². The van der Waals surface area contributed by atoms with Gasteiger partial charge in [0.15, 0.2) is 0 Å². The second-order valence-corrected chi connectivity index (χ2v) is 15.8. The molecule has 6 aromatic carbocycles. The van der Waals surface area contributed by atoms with Crippen LogP contribution in [0.4, 0.5) is 0 Å². The molecule has 292 valence electrons. The van der Waals surface area contributed by atoms with Crippen LogP contribution in [0.15, 0.2) is 128 Å². The number of hydrogen-bond acceptors (Lipinski definition) is 4. The van der Waals surface area contributed by atoms with Crippen LogP contribution in [0.25, 0.3) is 88.3 Å². The summed E-state index contributed by atoms with van der Waals surface area (Å²) in [7, 11) is 0. The number of aromatic nitrogens is 5. The third-order valence-electron chi connectivity index (χ3n) is 12.1. The Kier molecular flexibility index (Phi) is 8.96. The summed E-state index contributed by atoms with van der Waals surface area (Å²) >= 11 is 0. The second kappa shape index (κ2) is 14.3. The molecule has 0 aliphatic heterocycles. The van der Waals surface area contributed by atoms with Gasteiger partial charge >= 0.3 is 21.1 Å². The number of pyridine rings is 3. The molecule has 0 unspecified atom stereocenters. The number of rotatable bonds is 5. The minimum Gasteiger partial charge on any atom is -0.497 e. The summed E-state index contributed by atoms with van der Waals surface area (Å²) in [4.78, 5) is 14.8. The molecule has 0 fully saturated rings. The third-order valence-corrected chi connectivity index (χ3v) is 12.1. The Balaban J connectivity index is 0.00000433. The van der Waals surface area contributed by atoms with Crippen LogP contribution in [0.2, 0.25) is 0 Å². The smallest absolute Gasteiger partial charge is 0.497 e. The predicted octanol–water partition coefficient (Wildman–Crippen LogP) is 13.2. The van der Waals surface area contributed by atoms with Gasteiger partial charge in [-0.1, -0.05) is 106 Å². The molecule has 0 aliphatic rings. The first-order valence-electron chi connectivity index (χ1n) is 20.0. The monoisotopic (exact) mass is 956 g/mol. The van der Waals surface area contributed by atoms with Gasteiger partial charge in [0.05, 0.1) is 28.0 Å². The van der Waals surface area contributed by atoms with Crippen LogP contribution in [0.3, 0.4) is 0 Å². The summed E-state index contributed by atoms with van der Waals surface area (Å²) in [6.45, 7) is 13.1. The van der Waals surface area contributed by atoms with Crippen LogP contribution < -0.4 is 4.74 Å². The number of ether oxygens (including phenoxy) is 1. The fourth-order valence-corrected chi connectivity index (χ4v) is 9.52. The zero-order valence-corrected chi connectivity index (χ0v) is 36.4. The normalized spacial score (nSPS) is 11.7. The van der Waals surface area contributed by atoms with Crippen LogP contribution in [-0.2, 0) is 21.1 Å². The second-order valence-electron chi connectivity index (χ2n) is 15.8. The average Bonchev–Trinajstić information content (AvgIpc) is 3.90. The topological polar surface area (TPSA) is 56.7 Å². The molecule has 11 aromatic rings. The Hall–Kier alpha value is -6.62. The van der Waals surface area contributed by atoms with Gasteiger partial charge in [0.2, 0.25) is 0 Å². The van der Waals surface area contributed by atoms with Crippen molar-refractivity contribution in [3.63, 3.8) is 0 Å². The van der Waals surface area contributed by atoms with Crippen molar-refractivity contribution in [3.8, 4) is 45.0 Å². The van der Waals surface area contributed by atoms with Crippen molar-refractivity contribution >= 4 is 54.8 Å². The fourth-order valence-electron chi connectivity index (χ4n) is 9.52. The number of aryl methyl sites for hydroxylation is 6. The van der Waals surface area contributed by atoms with Crippen LogP contribution >= 0.6 is 0 Å². The van der Waals surface area contributed by atoms with Gasteiger partial charge in [-0.05, 0) is 115 Å². The molecular weight excluding hydrogens is 918 g/mol. The van der Waals surface area contributed by atoms with E-state index in [1.54, 1.807) is 0 Å².